The third-order valence-corrected chi connectivity index (χ3v) is 6.42. The molecule has 0 aliphatic carbocycles. The first-order chi connectivity index (χ1) is 16.1. The predicted octanol–water partition coefficient (Wildman–Crippen LogP) is 7.02. The largest absolute Gasteiger partial charge is 0.348 e. The van der Waals surface area contributed by atoms with E-state index in [1.54, 1.807) is 18.3 Å². The molecule has 0 amide bonds. The van der Waals surface area contributed by atoms with E-state index in [9.17, 15) is 4.39 Å². The van der Waals surface area contributed by atoms with Crippen LogP contribution in [0.4, 0.5) is 10.3 Å². The van der Waals surface area contributed by atoms with E-state index in [4.69, 9.17) is 21.6 Å². The molecule has 1 atom stereocenters. The Morgan fingerprint density at radius 2 is 1.76 bits per heavy atom. The number of nitrogens with zero attached hydrogens (tertiary/aromatic N) is 4. The number of benzene rings is 2. The molecule has 8 heteroatoms. The molecule has 0 aliphatic rings. The molecule has 0 saturated heterocycles. The number of hydrogen-bond acceptors (Lipinski definition) is 5. The SMILES string of the molecule is CC(Nc1nccc(-n2cc(-c3ccc(Cl)s3)nc2-c2ccc(F)cc2)n1)c1ccccc1. The third-order valence-electron chi connectivity index (χ3n) is 5.17. The van der Waals surface area contributed by atoms with E-state index in [0.29, 0.717) is 21.9 Å². The second-order valence-electron chi connectivity index (χ2n) is 7.45. The average Bonchev–Trinajstić information content (AvgIpc) is 3.47. The zero-order valence-electron chi connectivity index (χ0n) is 17.6. The average molecular weight is 476 g/mol. The van der Waals surface area contributed by atoms with Gasteiger partial charge >= 0.3 is 0 Å². The molecule has 0 spiro atoms. The smallest absolute Gasteiger partial charge is 0.225 e. The molecule has 1 unspecified atom stereocenters. The Labute approximate surface area is 199 Å². The molecule has 0 fully saturated rings. The lowest BCUT2D eigenvalue weighted by Crippen LogP contribution is -2.10. The number of rotatable bonds is 6. The summed E-state index contributed by atoms with van der Waals surface area (Å²) in [7, 11) is 0. The number of aromatic nitrogens is 4. The van der Waals surface area contributed by atoms with E-state index in [0.717, 1.165) is 21.7 Å². The van der Waals surface area contributed by atoms with Gasteiger partial charge in [0.05, 0.1) is 20.9 Å². The van der Waals surface area contributed by atoms with Crippen LogP contribution in [0.3, 0.4) is 0 Å². The maximum atomic E-state index is 13.5. The molecule has 3 aromatic heterocycles. The molecule has 0 saturated carbocycles. The van der Waals surface area contributed by atoms with E-state index in [-0.39, 0.29) is 11.9 Å². The summed E-state index contributed by atoms with van der Waals surface area (Å²) in [6, 6.07) is 22.0. The molecule has 0 aliphatic heterocycles. The van der Waals surface area contributed by atoms with Crippen LogP contribution < -0.4 is 5.32 Å². The Hall–Kier alpha value is -3.55. The first kappa shape index (κ1) is 21.3. The summed E-state index contributed by atoms with van der Waals surface area (Å²) in [5.41, 5.74) is 2.67. The number of thiophene rings is 1. The van der Waals surface area contributed by atoms with Crippen molar-refractivity contribution in [2.45, 2.75) is 13.0 Å². The highest BCUT2D eigenvalue weighted by molar-refractivity contribution is 7.19. The molecule has 0 bridgehead atoms. The maximum Gasteiger partial charge on any atom is 0.225 e. The standard InChI is InChI=1S/C25H19ClFN5S/c1-16(17-5-3-2-4-6-17)29-25-28-14-13-23(31-25)32-15-20(21-11-12-22(26)33-21)30-24(32)18-7-9-19(27)10-8-18/h2-16H,1H3,(H,28,29,31). The van der Waals surface area contributed by atoms with Crippen LogP contribution in [0, 0.1) is 5.82 Å². The van der Waals surface area contributed by atoms with Gasteiger partial charge < -0.3 is 5.32 Å². The van der Waals surface area contributed by atoms with E-state index in [2.05, 4.69) is 29.4 Å². The molecule has 3 heterocycles. The van der Waals surface area contributed by atoms with Gasteiger partial charge in [-0.3, -0.25) is 4.57 Å². The van der Waals surface area contributed by atoms with E-state index >= 15 is 0 Å². The lowest BCUT2D eigenvalue weighted by Gasteiger charge is -2.15. The van der Waals surface area contributed by atoms with Crippen LogP contribution >= 0.6 is 22.9 Å². The van der Waals surface area contributed by atoms with Crippen LogP contribution in [0.1, 0.15) is 18.5 Å². The van der Waals surface area contributed by atoms with Crippen molar-refractivity contribution in [1.29, 1.82) is 0 Å². The molecule has 0 radical (unpaired) electrons. The predicted molar refractivity (Wildman–Crippen MR) is 131 cm³/mol. The van der Waals surface area contributed by atoms with E-state index < -0.39 is 0 Å². The zero-order valence-corrected chi connectivity index (χ0v) is 19.2. The van der Waals surface area contributed by atoms with Crippen LogP contribution in [-0.4, -0.2) is 19.5 Å². The minimum absolute atomic E-state index is 0.0321. The summed E-state index contributed by atoms with van der Waals surface area (Å²) in [6.45, 7) is 2.06. The summed E-state index contributed by atoms with van der Waals surface area (Å²) in [6.07, 6.45) is 3.62. The van der Waals surface area contributed by atoms with Gasteiger partial charge in [-0.25, -0.2) is 14.4 Å². The molecule has 2 aromatic carbocycles. The molecular weight excluding hydrogens is 457 g/mol. The second-order valence-corrected chi connectivity index (χ2v) is 9.16. The van der Waals surface area contributed by atoms with Crippen molar-refractivity contribution >= 4 is 28.9 Å². The quantitative estimate of drug-likeness (QED) is 0.286. The van der Waals surface area contributed by atoms with Crippen LogP contribution in [0.2, 0.25) is 4.34 Å². The Morgan fingerprint density at radius 1 is 0.970 bits per heavy atom. The van der Waals surface area contributed by atoms with E-state index in [1.165, 1.54) is 23.5 Å². The summed E-state index contributed by atoms with van der Waals surface area (Å²) >= 11 is 7.59. The van der Waals surface area contributed by atoms with Gasteiger partial charge in [0, 0.05) is 18.0 Å². The van der Waals surface area contributed by atoms with Crippen LogP contribution in [0.15, 0.2) is 85.2 Å². The highest BCUT2D eigenvalue weighted by Crippen LogP contribution is 2.33. The molecule has 1 N–H and O–H groups in total. The number of imidazole rings is 1. The number of halogens is 2. The van der Waals surface area contributed by atoms with Gasteiger partial charge in [-0.2, -0.15) is 4.98 Å². The summed E-state index contributed by atoms with van der Waals surface area (Å²) in [4.78, 5) is 14.9. The first-order valence-electron chi connectivity index (χ1n) is 10.3. The van der Waals surface area contributed by atoms with Crippen molar-refractivity contribution in [3.8, 4) is 27.8 Å². The molecule has 5 rings (SSSR count). The normalized spacial score (nSPS) is 12.0. The summed E-state index contributed by atoms with van der Waals surface area (Å²) in [5, 5.41) is 3.36. The van der Waals surface area contributed by atoms with Gasteiger partial charge in [-0.15, -0.1) is 11.3 Å². The lowest BCUT2D eigenvalue weighted by molar-refractivity contribution is 0.628. The molecular formula is C25H19ClFN5S. The van der Waals surface area contributed by atoms with Crippen molar-refractivity contribution in [3.05, 3.63) is 101 Å². The fraction of sp³-hybridized carbons (Fsp3) is 0.0800. The first-order valence-corrected chi connectivity index (χ1v) is 11.5. The highest BCUT2D eigenvalue weighted by atomic mass is 35.5. The fourth-order valence-corrected chi connectivity index (χ4v) is 4.50. The van der Waals surface area contributed by atoms with Gasteiger partial charge in [0.15, 0.2) is 0 Å². The number of hydrogen-bond donors (Lipinski definition) is 1. The minimum Gasteiger partial charge on any atom is -0.348 e. The number of nitrogens with one attached hydrogen (secondary N) is 1. The minimum atomic E-state index is -0.300. The second kappa shape index (κ2) is 9.13. The van der Waals surface area contributed by atoms with Crippen molar-refractivity contribution in [1.82, 2.24) is 19.5 Å². The molecule has 5 aromatic rings. The van der Waals surface area contributed by atoms with Crippen molar-refractivity contribution in [2.75, 3.05) is 5.32 Å². The Balaban J connectivity index is 1.54. The third kappa shape index (κ3) is 4.65. The van der Waals surface area contributed by atoms with Crippen molar-refractivity contribution in [2.24, 2.45) is 0 Å². The summed E-state index contributed by atoms with van der Waals surface area (Å²) in [5.74, 6) is 1.50. The highest BCUT2D eigenvalue weighted by Gasteiger charge is 2.16. The van der Waals surface area contributed by atoms with Gasteiger partial charge in [0.1, 0.15) is 17.5 Å². The molecule has 164 valence electrons. The fourth-order valence-electron chi connectivity index (χ4n) is 3.50. The van der Waals surface area contributed by atoms with E-state index in [1.807, 2.05) is 47.2 Å². The Morgan fingerprint density at radius 3 is 2.48 bits per heavy atom. The van der Waals surface area contributed by atoms with Crippen molar-refractivity contribution in [3.63, 3.8) is 0 Å². The monoisotopic (exact) mass is 475 g/mol. The zero-order chi connectivity index (χ0) is 22.8. The topological polar surface area (TPSA) is 55.6 Å². The Bertz CT molecular complexity index is 1380. The van der Waals surface area contributed by atoms with Gasteiger partial charge in [-0.05, 0) is 55.0 Å². The van der Waals surface area contributed by atoms with Crippen molar-refractivity contribution < 1.29 is 4.39 Å². The molecule has 33 heavy (non-hydrogen) atoms. The number of anilines is 1. The maximum absolute atomic E-state index is 13.5. The Kier molecular flexibility index (Phi) is 5.90. The molecule has 5 nitrogen and oxygen atoms in total. The van der Waals surface area contributed by atoms with Gasteiger partial charge in [0.25, 0.3) is 0 Å². The van der Waals surface area contributed by atoms with Crippen LogP contribution in [0.25, 0.3) is 27.8 Å². The van der Waals surface area contributed by atoms with Crippen LogP contribution in [0.5, 0.6) is 0 Å². The van der Waals surface area contributed by atoms with Crippen LogP contribution in [-0.2, 0) is 0 Å². The summed E-state index contributed by atoms with van der Waals surface area (Å²) < 4.78 is 16.1. The van der Waals surface area contributed by atoms with Gasteiger partial charge in [0.2, 0.25) is 5.95 Å². The lowest BCUT2D eigenvalue weighted by atomic mass is 10.1. The van der Waals surface area contributed by atoms with Gasteiger partial charge in [-0.1, -0.05) is 41.9 Å².